The standard InChI is InChI=1S/C22H23ClF3N3O4/c1-11(28-21(31)19-9-17(30)15-8-13(23)3-4-18(15)32-19)2-5-20-27-10-16(29-20)12-6-14(7-12)33-22(24,25)26/h3-4,8,10,12,14,17,19,30H,1-2,5-7,9H2,(H,27,29)(H,28,31)/t12?,14?,17-,19-/m1/s1. The number of hydrogen-bond acceptors (Lipinski definition) is 5. The number of aromatic amines is 1. The Hall–Kier alpha value is -2.56. The number of ether oxygens (including phenoxy) is 2. The van der Waals surface area contributed by atoms with Crippen molar-refractivity contribution in [3.05, 3.63) is 58.8 Å². The molecule has 1 saturated carbocycles. The average Bonchev–Trinajstić information content (AvgIpc) is 3.17. The third kappa shape index (κ3) is 5.87. The molecule has 1 amide bonds. The van der Waals surface area contributed by atoms with Crippen LogP contribution < -0.4 is 10.1 Å². The minimum atomic E-state index is -4.61. The summed E-state index contributed by atoms with van der Waals surface area (Å²) in [6, 6.07) is 4.85. The smallest absolute Gasteiger partial charge is 0.480 e. The van der Waals surface area contributed by atoms with Gasteiger partial charge in [-0.2, -0.15) is 0 Å². The van der Waals surface area contributed by atoms with Gasteiger partial charge in [0.25, 0.3) is 5.91 Å². The summed E-state index contributed by atoms with van der Waals surface area (Å²) < 4.78 is 46.4. The number of carbonyl (C=O) groups is 1. The zero-order valence-corrected chi connectivity index (χ0v) is 18.2. The number of aromatic nitrogens is 2. The zero-order chi connectivity index (χ0) is 23.8. The molecule has 11 heteroatoms. The first kappa shape index (κ1) is 23.6. The number of allylic oxidation sites excluding steroid dienone is 1. The molecule has 1 aliphatic carbocycles. The lowest BCUT2D eigenvalue weighted by molar-refractivity contribution is -0.351. The van der Waals surface area contributed by atoms with Gasteiger partial charge in [-0.3, -0.25) is 9.53 Å². The van der Waals surface area contributed by atoms with E-state index in [4.69, 9.17) is 16.3 Å². The first-order valence-corrected chi connectivity index (χ1v) is 10.9. The van der Waals surface area contributed by atoms with Gasteiger partial charge >= 0.3 is 6.36 Å². The predicted molar refractivity (Wildman–Crippen MR) is 113 cm³/mol. The number of alkyl halides is 3. The molecule has 1 aromatic carbocycles. The van der Waals surface area contributed by atoms with E-state index in [2.05, 4.69) is 26.6 Å². The number of halogens is 4. The number of aliphatic hydroxyl groups is 1. The summed E-state index contributed by atoms with van der Waals surface area (Å²) in [6.45, 7) is 3.86. The fourth-order valence-corrected chi connectivity index (χ4v) is 4.16. The molecule has 1 aromatic heterocycles. The van der Waals surface area contributed by atoms with Gasteiger partial charge in [-0.05, 0) is 37.5 Å². The van der Waals surface area contributed by atoms with Crippen LogP contribution in [0.25, 0.3) is 0 Å². The lowest BCUT2D eigenvalue weighted by atomic mass is 9.80. The summed E-state index contributed by atoms with van der Waals surface area (Å²) in [7, 11) is 0. The Kier molecular flexibility index (Phi) is 6.69. The van der Waals surface area contributed by atoms with Gasteiger partial charge in [0.05, 0.1) is 12.2 Å². The van der Waals surface area contributed by atoms with E-state index in [9.17, 15) is 23.1 Å². The van der Waals surface area contributed by atoms with Gasteiger partial charge in [0.1, 0.15) is 11.6 Å². The minimum absolute atomic E-state index is 0.0471. The fourth-order valence-electron chi connectivity index (χ4n) is 3.98. The third-order valence-corrected chi connectivity index (χ3v) is 6.01. The number of amides is 1. The number of H-pyrrole nitrogens is 1. The second-order valence-corrected chi connectivity index (χ2v) is 8.71. The Morgan fingerprint density at radius 1 is 1.36 bits per heavy atom. The predicted octanol–water partition coefficient (Wildman–Crippen LogP) is 4.29. The quantitative estimate of drug-likeness (QED) is 0.543. The van der Waals surface area contributed by atoms with E-state index in [1.54, 1.807) is 24.4 Å². The molecule has 33 heavy (non-hydrogen) atoms. The normalized spacial score (nSPS) is 24.4. The monoisotopic (exact) mass is 485 g/mol. The minimum Gasteiger partial charge on any atom is -0.480 e. The van der Waals surface area contributed by atoms with E-state index < -0.39 is 30.6 Å². The topological polar surface area (TPSA) is 96.5 Å². The number of imidazole rings is 1. The van der Waals surface area contributed by atoms with Crippen LogP contribution in [-0.4, -0.2) is 39.6 Å². The van der Waals surface area contributed by atoms with Crippen LogP contribution in [0, 0.1) is 0 Å². The number of aryl methyl sites for hydroxylation is 1. The number of benzene rings is 1. The summed E-state index contributed by atoms with van der Waals surface area (Å²) in [5, 5.41) is 13.5. The Labute approximate surface area is 192 Å². The van der Waals surface area contributed by atoms with Crippen LogP contribution in [0.3, 0.4) is 0 Å². The molecule has 2 aliphatic rings. The van der Waals surface area contributed by atoms with E-state index in [-0.39, 0.29) is 25.2 Å². The highest BCUT2D eigenvalue weighted by Gasteiger charge is 2.41. The maximum atomic E-state index is 12.6. The summed E-state index contributed by atoms with van der Waals surface area (Å²) >= 11 is 5.94. The second kappa shape index (κ2) is 9.36. The molecule has 0 spiro atoms. The van der Waals surface area contributed by atoms with Crippen molar-refractivity contribution in [1.82, 2.24) is 15.3 Å². The second-order valence-electron chi connectivity index (χ2n) is 8.27. The van der Waals surface area contributed by atoms with Crippen molar-refractivity contribution < 1.29 is 32.5 Å². The van der Waals surface area contributed by atoms with Gasteiger partial charge < -0.3 is 20.1 Å². The molecule has 2 aromatic rings. The molecule has 4 rings (SSSR count). The Bertz CT molecular complexity index is 1040. The number of nitrogens with zero attached hydrogens (tertiary/aromatic N) is 1. The number of nitrogens with one attached hydrogen (secondary N) is 2. The summed E-state index contributed by atoms with van der Waals surface area (Å²) in [4.78, 5) is 19.9. The molecule has 7 nitrogen and oxygen atoms in total. The van der Waals surface area contributed by atoms with Gasteiger partial charge in [-0.25, -0.2) is 4.98 Å². The highest BCUT2D eigenvalue weighted by molar-refractivity contribution is 6.30. The van der Waals surface area contributed by atoms with Crippen molar-refractivity contribution in [3.63, 3.8) is 0 Å². The van der Waals surface area contributed by atoms with E-state index in [0.29, 0.717) is 40.7 Å². The van der Waals surface area contributed by atoms with Crippen LogP contribution in [0.15, 0.2) is 36.7 Å². The zero-order valence-electron chi connectivity index (χ0n) is 17.5. The van der Waals surface area contributed by atoms with Gasteiger partial charge in [0.2, 0.25) is 0 Å². The van der Waals surface area contributed by atoms with Crippen LogP contribution in [0.5, 0.6) is 5.75 Å². The maximum absolute atomic E-state index is 12.6. The maximum Gasteiger partial charge on any atom is 0.522 e. The van der Waals surface area contributed by atoms with Crippen molar-refractivity contribution in [2.24, 2.45) is 0 Å². The van der Waals surface area contributed by atoms with Crippen LogP contribution in [0.2, 0.25) is 5.02 Å². The van der Waals surface area contributed by atoms with E-state index in [1.807, 2.05) is 0 Å². The molecule has 2 atom stereocenters. The Morgan fingerprint density at radius 2 is 2.12 bits per heavy atom. The van der Waals surface area contributed by atoms with E-state index >= 15 is 0 Å². The number of carbonyl (C=O) groups excluding carboxylic acids is 1. The number of rotatable bonds is 7. The highest BCUT2D eigenvalue weighted by Crippen LogP contribution is 2.40. The molecular formula is C22H23ClF3N3O4. The molecule has 1 aliphatic heterocycles. The van der Waals surface area contributed by atoms with Crippen molar-refractivity contribution in [2.75, 3.05) is 0 Å². The first-order chi connectivity index (χ1) is 15.6. The number of aliphatic hydroxyl groups excluding tert-OH is 1. The molecule has 1 fully saturated rings. The molecule has 0 bridgehead atoms. The summed E-state index contributed by atoms with van der Waals surface area (Å²) in [5.41, 5.74) is 1.77. The highest BCUT2D eigenvalue weighted by atomic mass is 35.5. The third-order valence-electron chi connectivity index (χ3n) is 5.78. The van der Waals surface area contributed by atoms with E-state index in [1.165, 1.54) is 0 Å². The van der Waals surface area contributed by atoms with E-state index in [0.717, 1.165) is 5.69 Å². The molecule has 178 valence electrons. The largest absolute Gasteiger partial charge is 0.522 e. The molecule has 0 unspecified atom stereocenters. The molecule has 0 radical (unpaired) electrons. The lowest BCUT2D eigenvalue weighted by Crippen LogP contribution is -2.41. The molecule has 3 N–H and O–H groups in total. The van der Waals surface area contributed by atoms with Gasteiger partial charge in [-0.1, -0.05) is 18.2 Å². The fraction of sp³-hybridized carbons (Fsp3) is 0.455. The average molecular weight is 486 g/mol. The molecule has 2 heterocycles. The first-order valence-electron chi connectivity index (χ1n) is 10.5. The number of fused-ring (bicyclic) bond motifs is 1. The van der Waals surface area contributed by atoms with Gasteiger partial charge in [0, 0.05) is 46.9 Å². The SMILES string of the molecule is C=C(CCc1ncc(C2CC(OC(F)(F)F)C2)[nH]1)NC(=O)[C@H]1C[C@@H](O)c2cc(Cl)ccc2O1. The Morgan fingerprint density at radius 3 is 2.85 bits per heavy atom. The van der Waals surface area contributed by atoms with Gasteiger partial charge in [0.15, 0.2) is 6.10 Å². The van der Waals surface area contributed by atoms with Crippen LogP contribution in [0.4, 0.5) is 13.2 Å². The molecule has 0 saturated heterocycles. The molecular weight excluding hydrogens is 463 g/mol. The van der Waals surface area contributed by atoms with Crippen LogP contribution >= 0.6 is 11.6 Å². The Balaban J connectivity index is 1.23. The van der Waals surface area contributed by atoms with Gasteiger partial charge in [-0.15, -0.1) is 13.2 Å². The van der Waals surface area contributed by atoms with Crippen LogP contribution in [0.1, 0.15) is 54.8 Å². The summed E-state index contributed by atoms with van der Waals surface area (Å²) in [5.74, 6) is 0.598. The van der Waals surface area contributed by atoms with Crippen molar-refractivity contribution in [2.45, 2.75) is 62.7 Å². The number of hydrogen-bond donors (Lipinski definition) is 3. The van der Waals surface area contributed by atoms with Crippen LogP contribution in [-0.2, 0) is 16.0 Å². The van der Waals surface area contributed by atoms with Crippen molar-refractivity contribution in [3.8, 4) is 5.75 Å². The van der Waals surface area contributed by atoms with Crippen molar-refractivity contribution in [1.29, 1.82) is 0 Å². The van der Waals surface area contributed by atoms with Crippen molar-refractivity contribution >= 4 is 17.5 Å². The summed E-state index contributed by atoms with van der Waals surface area (Å²) in [6.07, 6.45) is -4.02. The lowest BCUT2D eigenvalue weighted by Gasteiger charge is -2.34.